The fourth-order valence-corrected chi connectivity index (χ4v) is 5.75. The first-order valence-corrected chi connectivity index (χ1v) is 13.0. The van der Waals surface area contributed by atoms with E-state index in [2.05, 4.69) is 0 Å². The quantitative estimate of drug-likeness (QED) is 0.516. The maximum Gasteiger partial charge on any atom is 0.305 e. The zero-order chi connectivity index (χ0) is 25.2. The van der Waals surface area contributed by atoms with Gasteiger partial charge in [-0.05, 0) is 47.2 Å². The summed E-state index contributed by atoms with van der Waals surface area (Å²) in [6.45, 7) is 5.69. The summed E-state index contributed by atoms with van der Waals surface area (Å²) in [5, 5.41) is 29.3. The number of nitrogens with zero attached hydrogens (tertiary/aromatic N) is 1. The van der Waals surface area contributed by atoms with Gasteiger partial charge in [0.15, 0.2) is 9.84 Å². The number of aliphatic carboxylic acids is 1. The first-order chi connectivity index (χ1) is 15.9. The van der Waals surface area contributed by atoms with Crippen molar-refractivity contribution < 1.29 is 32.9 Å². The maximum atomic E-state index is 13.7. The molecule has 3 N–H and O–H groups in total. The maximum absolute atomic E-state index is 13.7. The third kappa shape index (κ3) is 6.08. The average Bonchev–Trinajstić information content (AvgIpc) is 2.71. The number of pyridine rings is 1. The van der Waals surface area contributed by atoms with Gasteiger partial charge in [-0.25, -0.2) is 12.8 Å². The number of carbonyl (C=O) groups is 1. The van der Waals surface area contributed by atoms with Crippen LogP contribution in [0.4, 0.5) is 4.39 Å². The second-order valence-corrected chi connectivity index (χ2v) is 11.3. The lowest BCUT2D eigenvalue weighted by atomic mass is 9.85. The molecule has 0 aliphatic carbocycles. The van der Waals surface area contributed by atoms with E-state index in [1.54, 1.807) is 19.1 Å². The Bertz CT molecular complexity index is 1200. The summed E-state index contributed by atoms with van der Waals surface area (Å²) < 4.78 is 38.7. The standard InChI is InChI=1S/C25H30FNO6S/c1-14(2)25-23(15(3)10-18(28)11-19(29)12-22(30)31)24(16-4-6-17(26)7-5-16)20-13-34(32,33)9-8-21(20)27-25/h4-7,10,14,18-19,28-29H,8-9,11-13H2,1-3H3,(H,30,31)/b15-10+/t18-,19-/m1/s1. The minimum absolute atomic E-state index is 0.0156. The summed E-state index contributed by atoms with van der Waals surface area (Å²) >= 11 is 0. The van der Waals surface area contributed by atoms with Gasteiger partial charge >= 0.3 is 5.97 Å². The van der Waals surface area contributed by atoms with Gasteiger partial charge in [-0.15, -0.1) is 0 Å². The number of fused-ring (bicyclic) bond motifs is 1. The fraction of sp³-hybridized carbons (Fsp3) is 0.440. The van der Waals surface area contributed by atoms with Crippen LogP contribution in [0.3, 0.4) is 0 Å². The van der Waals surface area contributed by atoms with Crippen LogP contribution in [-0.2, 0) is 26.8 Å². The van der Waals surface area contributed by atoms with Crippen LogP contribution in [0.15, 0.2) is 30.3 Å². The van der Waals surface area contributed by atoms with E-state index in [-0.39, 0.29) is 23.8 Å². The number of hydrogen-bond acceptors (Lipinski definition) is 6. The Kier molecular flexibility index (Phi) is 7.90. The van der Waals surface area contributed by atoms with E-state index in [0.717, 1.165) is 5.69 Å². The molecule has 0 fully saturated rings. The van der Waals surface area contributed by atoms with Crippen molar-refractivity contribution in [3.05, 3.63) is 58.7 Å². The van der Waals surface area contributed by atoms with Crippen LogP contribution in [0, 0.1) is 5.82 Å². The minimum Gasteiger partial charge on any atom is -0.481 e. The molecule has 34 heavy (non-hydrogen) atoms. The molecule has 1 aliphatic heterocycles. The van der Waals surface area contributed by atoms with E-state index in [1.165, 1.54) is 18.2 Å². The lowest BCUT2D eigenvalue weighted by Crippen LogP contribution is -2.23. The number of carboxylic acid groups (broad SMARTS) is 1. The summed E-state index contributed by atoms with van der Waals surface area (Å²) in [5.74, 6) is -1.78. The number of carboxylic acids is 1. The molecule has 3 rings (SSSR count). The molecular formula is C25H30FNO6S. The van der Waals surface area contributed by atoms with E-state index in [0.29, 0.717) is 39.9 Å². The molecule has 0 amide bonds. The zero-order valence-electron chi connectivity index (χ0n) is 19.5. The van der Waals surface area contributed by atoms with Crippen LogP contribution in [0.1, 0.15) is 62.0 Å². The number of hydrogen-bond donors (Lipinski definition) is 3. The smallest absolute Gasteiger partial charge is 0.305 e. The second-order valence-electron chi connectivity index (χ2n) is 9.08. The number of benzene rings is 1. The first-order valence-electron chi connectivity index (χ1n) is 11.2. The van der Waals surface area contributed by atoms with E-state index in [9.17, 15) is 27.8 Å². The molecule has 0 radical (unpaired) electrons. The summed E-state index contributed by atoms with van der Waals surface area (Å²) in [4.78, 5) is 15.7. The topological polar surface area (TPSA) is 125 Å². The molecular weight excluding hydrogens is 461 g/mol. The molecule has 1 aromatic carbocycles. The predicted octanol–water partition coefficient (Wildman–Crippen LogP) is 3.47. The van der Waals surface area contributed by atoms with Crippen molar-refractivity contribution in [2.75, 3.05) is 5.75 Å². The highest BCUT2D eigenvalue weighted by atomic mass is 32.2. The number of aliphatic hydroxyl groups is 2. The van der Waals surface area contributed by atoms with E-state index < -0.39 is 40.3 Å². The van der Waals surface area contributed by atoms with Crippen LogP contribution >= 0.6 is 0 Å². The molecule has 0 bridgehead atoms. The van der Waals surface area contributed by atoms with Gasteiger partial charge in [0.1, 0.15) is 5.82 Å². The summed E-state index contributed by atoms with van der Waals surface area (Å²) in [6, 6.07) is 5.82. The van der Waals surface area contributed by atoms with Crippen molar-refractivity contribution in [1.29, 1.82) is 0 Å². The highest BCUT2D eigenvalue weighted by Gasteiger charge is 2.30. The molecule has 2 heterocycles. The molecule has 9 heteroatoms. The number of aliphatic hydroxyl groups excluding tert-OH is 2. The Hall–Kier alpha value is -2.62. The second kappa shape index (κ2) is 10.3. The Morgan fingerprint density at radius 3 is 2.44 bits per heavy atom. The first kappa shape index (κ1) is 26.0. The predicted molar refractivity (Wildman–Crippen MR) is 127 cm³/mol. The number of aryl methyl sites for hydroxylation is 1. The van der Waals surface area contributed by atoms with Gasteiger partial charge in [-0.3, -0.25) is 9.78 Å². The van der Waals surface area contributed by atoms with Crippen molar-refractivity contribution in [3.63, 3.8) is 0 Å². The SMILES string of the molecule is C/C(=C\[C@@H](O)C[C@@H](O)CC(=O)O)c1c(C(C)C)nc2c(c1-c1ccc(F)cc1)CS(=O)(=O)CC2. The Balaban J connectivity index is 2.22. The van der Waals surface area contributed by atoms with Crippen LogP contribution in [0.5, 0.6) is 0 Å². The van der Waals surface area contributed by atoms with Crippen molar-refractivity contribution in [2.45, 2.75) is 63.9 Å². The fourth-order valence-electron chi connectivity index (χ4n) is 4.35. The van der Waals surface area contributed by atoms with Gasteiger partial charge in [0, 0.05) is 24.1 Å². The summed E-state index contributed by atoms with van der Waals surface area (Å²) in [7, 11) is -3.33. The minimum atomic E-state index is -3.33. The molecule has 0 spiro atoms. The molecule has 0 unspecified atom stereocenters. The number of allylic oxidation sites excluding steroid dienone is 1. The van der Waals surface area contributed by atoms with Crippen LogP contribution in [0.25, 0.3) is 16.7 Å². The largest absolute Gasteiger partial charge is 0.481 e. The van der Waals surface area contributed by atoms with Crippen molar-refractivity contribution in [2.24, 2.45) is 0 Å². The molecule has 1 aromatic heterocycles. The van der Waals surface area contributed by atoms with Gasteiger partial charge in [0.05, 0.1) is 35.8 Å². The van der Waals surface area contributed by atoms with Gasteiger partial charge in [0.25, 0.3) is 0 Å². The Morgan fingerprint density at radius 2 is 1.85 bits per heavy atom. The zero-order valence-corrected chi connectivity index (χ0v) is 20.3. The molecule has 2 atom stereocenters. The normalized spacial score (nSPS) is 17.3. The number of halogens is 1. The highest BCUT2D eigenvalue weighted by Crippen LogP contribution is 2.40. The van der Waals surface area contributed by atoms with Gasteiger partial charge in [-0.2, -0.15) is 0 Å². The van der Waals surface area contributed by atoms with E-state index >= 15 is 0 Å². The average molecular weight is 492 g/mol. The Labute approximate surface area is 198 Å². The number of sulfone groups is 1. The van der Waals surface area contributed by atoms with Crippen LogP contribution in [0.2, 0.25) is 0 Å². The van der Waals surface area contributed by atoms with Gasteiger partial charge < -0.3 is 15.3 Å². The molecule has 0 saturated heterocycles. The molecule has 1 aliphatic rings. The number of aromatic nitrogens is 1. The van der Waals surface area contributed by atoms with Crippen LogP contribution in [-0.4, -0.2) is 52.7 Å². The third-order valence-electron chi connectivity index (χ3n) is 5.87. The Morgan fingerprint density at radius 1 is 1.21 bits per heavy atom. The molecule has 2 aromatic rings. The van der Waals surface area contributed by atoms with E-state index in [1.807, 2.05) is 13.8 Å². The monoisotopic (exact) mass is 491 g/mol. The lowest BCUT2D eigenvalue weighted by molar-refractivity contribution is -0.139. The van der Waals surface area contributed by atoms with Crippen molar-refractivity contribution in [3.8, 4) is 11.1 Å². The molecule has 0 saturated carbocycles. The van der Waals surface area contributed by atoms with Gasteiger partial charge in [-0.1, -0.05) is 32.1 Å². The molecule has 184 valence electrons. The van der Waals surface area contributed by atoms with Crippen molar-refractivity contribution >= 4 is 21.4 Å². The highest BCUT2D eigenvalue weighted by molar-refractivity contribution is 7.90. The van der Waals surface area contributed by atoms with Crippen LogP contribution < -0.4 is 0 Å². The summed E-state index contributed by atoms with van der Waals surface area (Å²) in [6.07, 6.45) is -1.19. The lowest BCUT2D eigenvalue weighted by Gasteiger charge is -2.26. The van der Waals surface area contributed by atoms with Gasteiger partial charge in [0.2, 0.25) is 0 Å². The van der Waals surface area contributed by atoms with Crippen molar-refractivity contribution in [1.82, 2.24) is 4.98 Å². The summed E-state index contributed by atoms with van der Waals surface area (Å²) in [5.41, 5.74) is 4.55. The molecule has 7 nitrogen and oxygen atoms in total. The van der Waals surface area contributed by atoms with E-state index in [4.69, 9.17) is 10.1 Å². The number of rotatable bonds is 8. The third-order valence-corrected chi connectivity index (χ3v) is 7.42.